The Kier molecular flexibility index (Phi) is 6.08. The van der Waals surface area contributed by atoms with Gasteiger partial charge in [0.1, 0.15) is 0 Å². The Hall–Kier alpha value is -2.02. The molecule has 112 valence electrons. The van der Waals surface area contributed by atoms with E-state index in [2.05, 4.69) is 15.6 Å². The summed E-state index contributed by atoms with van der Waals surface area (Å²) >= 11 is 0. The van der Waals surface area contributed by atoms with Gasteiger partial charge in [-0.3, -0.25) is 9.78 Å². The summed E-state index contributed by atoms with van der Waals surface area (Å²) in [6.45, 7) is 1.54. The lowest BCUT2D eigenvalue weighted by Crippen LogP contribution is -2.30. The average molecular weight is 289 g/mol. The number of rotatable bonds is 8. The zero-order valence-electron chi connectivity index (χ0n) is 11.7. The minimum Gasteiger partial charge on any atom is -0.394 e. The Morgan fingerprint density at radius 1 is 1.24 bits per heavy atom. The number of nitrogens with one attached hydrogen (secondary N) is 2. The second kappa shape index (κ2) is 8.31. The number of hydrogen-bond acceptors (Lipinski definition) is 5. The Morgan fingerprint density at radius 2 is 2.10 bits per heavy atom. The summed E-state index contributed by atoms with van der Waals surface area (Å²) in [5, 5.41) is 15.3. The Labute approximate surface area is 123 Å². The molecule has 0 aliphatic rings. The number of aliphatic hydroxyl groups excluding tert-OH is 1. The number of para-hydroxylation sites is 1. The van der Waals surface area contributed by atoms with Crippen molar-refractivity contribution in [2.45, 2.75) is 0 Å². The van der Waals surface area contributed by atoms with Gasteiger partial charge in [-0.1, -0.05) is 18.2 Å². The molecule has 1 heterocycles. The van der Waals surface area contributed by atoms with Crippen molar-refractivity contribution >= 4 is 22.5 Å². The molecule has 1 aromatic carbocycles. The smallest absolute Gasteiger partial charge is 0.238 e. The maximum Gasteiger partial charge on any atom is 0.238 e. The molecular weight excluding hydrogens is 270 g/mol. The number of aromatic nitrogens is 1. The van der Waals surface area contributed by atoms with Crippen LogP contribution in [0.3, 0.4) is 0 Å². The van der Waals surface area contributed by atoms with Gasteiger partial charge >= 0.3 is 0 Å². The molecule has 0 spiro atoms. The lowest BCUT2D eigenvalue weighted by molar-refractivity contribution is -0.115. The molecule has 0 saturated carbocycles. The number of pyridine rings is 1. The second-order valence-corrected chi connectivity index (χ2v) is 4.44. The molecule has 1 amide bonds. The normalized spacial score (nSPS) is 10.7. The predicted octanol–water partition coefficient (Wildman–Crippen LogP) is 0.772. The van der Waals surface area contributed by atoms with Crippen molar-refractivity contribution in [2.75, 3.05) is 38.2 Å². The number of fused-ring (bicyclic) bond motifs is 1. The lowest BCUT2D eigenvalue weighted by atomic mass is 10.2. The number of nitrogens with zero attached hydrogens (tertiary/aromatic N) is 1. The number of anilines is 1. The highest BCUT2D eigenvalue weighted by Crippen LogP contribution is 2.20. The molecule has 21 heavy (non-hydrogen) atoms. The van der Waals surface area contributed by atoms with Crippen LogP contribution in [0.1, 0.15) is 0 Å². The SMILES string of the molecule is O=C(CNCCOCCO)Nc1cccc2cccnc12. The molecule has 0 unspecified atom stereocenters. The number of benzene rings is 1. The first kappa shape index (κ1) is 15.4. The highest BCUT2D eigenvalue weighted by molar-refractivity contribution is 6.00. The minimum absolute atomic E-state index is 0.00850. The van der Waals surface area contributed by atoms with Crippen molar-refractivity contribution in [3.8, 4) is 0 Å². The molecule has 1 aromatic heterocycles. The molecule has 0 radical (unpaired) electrons. The molecule has 6 heteroatoms. The van der Waals surface area contributed by atoms with Gasteiger partial charge in [-0.2, -0.15) is 0 Å². The topological polar surface area (TPSA) is 83.5 Å². The quantitative estimate of drug-likeness (QED) is 0.625. The number of ether oxygens (including phenoxy) is 1. The van der Waals surface area contributed by atoms with Crippen molar-refractivity contribution in [2.24, 2.45) is 0 Å². The summed E-state index contributed by atoms with van der Waals surface area (Å²) < 4.78 is 5.09. The zero-order chi connectivity index (χ0) is 14.9. The molecule has 0 saturated heterocycles. The summed E-state index contributed by atoms with van der Waals surface area (Å²) in [5.41, 5.74) is 1.48. The van der Waals surface area contributed by atoms with Crippen molar-refractivity contribution in [3.63, 3.8) is 0 Å². The standard InChI is InChI=1S/C15H19N3O3/c19-8-10-21-9-7-16-11-14(20)18-13-5-1-3-12-4-2-6-17-15(12)13/h1-6,16,19H,7-11H2,(H,18,20). The third-order valence-corrected chi connectivity index (χ3v) is 2.85. The summed E-state index contributed by atoms with van der Waals surface area (Å²) in [6, 6.07) is 9.48. The van der Waals surface area contributed by atoms with Crippen LogP contribution in [0.15, 0.2) is 36.5 Å². The first-order valence-corrected chi connectivity index (χ1v) is 6.84. The number of carbonyl (C=O) groups is 1. The summed E-state index contributed by atoms with van der Waals surface area (Å²) in [6.07, 6.45) is 1.70. The van der Waals surface area contributed by atoms with Crippen molar-refractivity contribution < 1.29 is 14.6 Å². The van der Waals surface area contributed by atoms with E-state index in [0.29, 0.717) is 25.4 Å². The molecule has 2 rings (SSSR count). The fourth-order valence-corrected chi connectivity index (χ4v) is 1.91. The summed E-state index contributed by atoms with van der Waals surface area (Å²) in [4.78, 5) is 16.1. The van der Waals surface area contributed by atoms with E-state index in [4.69, 9.17) is 9.84 Å². The molecule has 0 bridgehead atoms. The predicted molar refractivity (Wildman–Crippen MR) is 81.1 cm³/mol. The fraction of sp³-hybridized carbons (Fsp3) is 0.333. The summed E-state index contributed by atoms with van der Waals surface area (Å²) in [5.74, 6) is -0.129. The van der Waals surface area contributed by atoms with Crippen molar-refractivity contribution in [1.29, 1.82) is 0 Å². The van der Waals surface area contributed by atoms with E-state index in [9.17, 15) is 4.79 Å². The van der Waals surface area contributed by atoms with Crippen LogP contribution >= 0.6 is 0 Å². The van der Waals surface area contributed by atoms with Gasteiger partial charge in [-0.05, 0) is 12.1 Å². The third kappa shape index (κ3) is 4.78. The van der Waals surface area contributed by atoms with Crippen LogP contribution < -0.4 is 10.6 Å². The van der Waals surface area contributed by atoms with E-state index in [1.807, 2.05) is 30.3 Å². The highest BCUT2D eigenvalue weighted by Gasteiger charge is 2.05. The van der Waals surface area contributed by atoms with Crippen LogP contribution in [-0.4, -0.2) is 48.9 Å². The molecule has 6 nitrogen and oxygen atoms in total. The molecule has 0 atom stereocenters. The molecule has 0 fully saturated rings. The van der Waals surface area contributed by atoms with Crippen LogP contribution in [0.25, 0.3) is 10.9 Å². The van der Waals surface area contributed by atoms with Gasteiger partial charge in [0, 0.05) is 18.1 Å². The van der Waals surface area contributed by atoms with E-state index >= 15 is 0 Å². The largest absolute Gasteiger partial charge is 0.394 e. The highest BCUT2D eigenvalue weighted by atomic mass is 16.5. The second-order valence-electron chi connectivity index (χ2n) is 4.44. The number of aliphatic hydroxyl groups is 1. The minimum atomic E-state index is -0.129. The molecule has 0 aliphatic carbocycles. The number of hydrogen-bond donors (Lipinski definition) is 3. The third-order valence-electron chi connectivity index (χ3n) is 2.85. The monoisotopic (exact) mass is 289 g/mol. The number of carbonyl (C=O) groups excluding carboxylic acids is 1. The van der Waals surface area contributed by atoms with Gasteiger partial charge < -0.3 is 20.5 Å². The van der Waals surface area contributed by atoms with Gasteiger partial charge in [-0.25, -0.2) is 0 Å². The van der Waals surface area contributed by atoms with Gasteiger partial charge in [0.15, 0.2) is 0 Å². The van der Waals surface area contributed by atoms with E-state index in [1.54, 1.807) is 6.20 Å². The lowest BCUT2D eigenvalue weighted by Gasteiger charge is -2.09. The van der Waals surface area contributed by atoms with Gasteiger partial charge in [0.05, 0.1) is 37.6 Å². The molecule has 0 aliphatic heterocycles. The van der Waals surface area contributed by atoms with E-state index in [1.165, 1.54) is 0 Å². The van der Waals surface area contributed by atoms with Gasteiger partial charge in [0.25, 0.3) is 0 Å². The van der Waals surface area contributed by atoms with E-state index in [-0.39, 0.29) is 19.1 Å². The summed E-state index contributed by atoms with van der Waals surface area (Å²) in [7, 11) is 0. The average Bonchev–Trinajstić information content (AvgIpc) is 2.51. The van der Waals surface area contributed by atoms with Crippen LogP contribution in [0.4, 0.5) is 5.69 Å². The van der Waals surface area contributed by atoms with Crippen molar-refractivity contribution in [3.05, 3.63) is 36.5 Å². The molecular formula is C15H19N3O3. The van der Waals surface area contributed by atoms with Gasteiger partial charge in [0.2, 0.25) is 5.91 Å². The molecule has 2 aromatic rings. The van der Waals surface area contributed by atoms with Crippen LogP contribution in [0, 0.1) is 0 Å². The zero-order valence-corrected chi connectivity index (χ0v) is 11.7. The van der Waals surface area contributed by atoms with Crippen LogP contribution in [-0.2, 0) is 9.53 Å². The van der Waals surface area contributed by atoms with Crippen LogP contribution in [0.2, 0.25) is 0 Å². The van der Waals surface area contributed by atoms with E-state index in [0.717, 1.165) is 10.9 Å². The Balaban J connectivity index is 1.82. The maximum atomic E-state index is 11.9. The molecule has 3 N–H and O–H groups in total. The first-order valence-electron chi connectivity index (χ1n) is 6.84. The van der Waals surface area contributed by atoms with E-state index < -0.39 is 0 Å². The number of amides is 1. The Morgan fingerprint density at radius 3 is 2.95 bits per heavy atom. The van der Waals surface area contributed by atoms with Gasteiger partial charge in [-0.15, -0.1) is 0 Å². The van der Waals surface area contributed by atoms with Crippen molar-refractivity contribution in [1.82, 2.24) is 10.3 Å². The fourth-order valence-electron chi connectivity index (χ4n) is 1.91. The Bertz CT molecular complexity index is 584. The first-order chi connectivity index (χ1) is 10.3. The van der Waals surface area contributed by atoms with Crippen LogP contribution in [0.5, 0.6) is 0 Å². The maximum absolute atomic E-state index is 11.9.